The van der Waals surface area contributed by atoms with Gasteiger partial charge < -0.3 is 16.0 Å². The molecule has 0 spiro atoms. The fourth-order valence-corrected chi connectivity index (χ4v) is 5.27. The van der Waals surface area contributed by atoms with Crippen molar-refractivity contribution in [2.45, 2.75) is 12.3 Å². The van der Waals surface area contributed by atoms with Gasteiger partial charge >= 0.3 is 0 Å². The van der Waals surface area contributed by atoms with Crippen molar-refractivity contribution in [2.24, 2.45) is 5.84 Å². The summed E-state index contributed by atoms with van der Waals surface area (Å²) in [5, 5.41) is 17.4. The molecule has 180 valence electrons. The number of hydrogen-bond acceptors (Lipinski definition) is 5. The number of rotatable bonds is 4. The lowest BCUT2D eigenvalue weighted by Crippen LogP contribution is -2.33. The first-order valence-corrected chi connectivity index (χ1v) is 12.5. The van der Waals surface area contributed by atoms with Crippen LogP contribution in [-0.4, -0.2) is 5.01 Å². The Morgan fingerprint density at radius 2 is 1.19 bits per heavy atom. The topological polar surface area (TPSA) is 65.3 Å². The summed E-state index contributed by atoms with van der Waals surface area (Å²) in [4.78, 5) is 0. The van der Waals surface area contributed by atoms with Gasteiger partial charge in [0.25, 0.3) is 0 Å². The highest BCUT2D eigenvalue weighted by molar-refractivity contribution is 5.87. The van der Waals surface area contributed by atoms with Gasteiger partial charge in [0.2, 0.25) is 0 Å². The summed E-state index contributed by atoms with van der Waals surface area (Å²) in [5.41, 5.74) is 6.64. The number of hydrazine groups is 1. The summed E-state index contributed by atoms with van der Waals surface area (Å²) >= 11 is 0. The molecule has 5 N–H and O–H groups in total. The first kappa shape index (κ1) is 21.5. The molecule has 2 aliphatic heterocycles. The van der Waals surface area contributed by atoms with Crippen molar-refractivity contribution < 1.29 is 0 Å². The molecule has 5 aromatic carbocycles. The lowest BCUT2D eigenvalue weighted by Gasteiger charge is -2.23. The first-order valence-electron chi connectivity index (χ1n) is 12.5. The maximum absolute atomic E-state index is 6.45. The fourth-order valence-electron chi connectivity index (χ4n) is 5.27. The van der Waals surface area contributed by atoms with Crippen LogP contribution in [-0.2, 0) is 0 Å². The maximum atomic E-state index is 6.45. The van der Waals surface area contributed by atoms with Crippen molar-refractivity contribution in [3.8, 4) is 0 Å². The summed E-state index contributed by atoms with van der Waals surface area (Å²) < 4.78 is 0. The van der Waals surface area contributed by atoms with Crippen LogP contribution in [0, 0.1) is 0 Å². The molecule has 37 heavy (non-hydrogen) atoms. The Morgan fingerprint density at radius 3 is 1.89 bits per heavy atom. The average molecular weight is 482 g/mol. The lowest BCUT2D eigenvalue weighted by molar-refractivity contribution is 0.294. The molecular formula is C32H27N5. The molecule has 0 aromatic heterocycles. The Labute approximate surface area is 215 Å². The third-order valence-corrected chi connectivity index (χ3v) is 7.24. The van der Waals surface area contributed by atoms with E-state index in [1.54, 1.807) is 5.01 Å². The van der Waals surface area contributed by atoms with Crippen LogP contribution in [0.25, 0.3) is 32.9 Å². The predicted octanol–water partition coefficient (Wildman–Crippen LogP) is 5.96. The first-order chi connectivity index (χ1) is 18.2. The Balaban J connectivity index is 1.09. The van der Waals surface area contributed by atoms with Crippen molar-refractivity contribution in [1.29, 1.82) is 0 Å². The molecule has 0 fully saturated rings. The molecular weight excluding hydrogens is 454 g/mol. The monoisotopic (exact) mass is 481 g/mol. The van der Waals surface area contributed by atoms with Crippen LogP contribution < -0.4 is 21.8 Å². The van der Waals surface area contributed by atoms with Crippen molar-refractivity contribution in [1.82, 2.24) is 21.0 Å². The maximum Gasteiger partial charge on any atom is 0.139 e. The summed E-state index contributed by atoms with van der Waals surface area (Å²) in [6.07, 6.45) is 3.88. The molecule has 0 bridgehead atoms. The van der Waals surface area contributed by atoms with Crippen LogP contribution in [0.3, 0.4) is 0 Å². The minimum atomic E-state index is -0.143. The van der Waals surface area contributed by atoms with E-state index in [1.807, 2.05) is 6.20 Å². The van der Waals surface area contributed by atoms with Gasteiger partial charge in [-0.2, -0.15) is 0 Å². The van der Waals surface area contributed by atoms with E-state index in [4.69, 9.17) is 5.84 Å². The van der Waals surface area contributed by atoms with Crippen molar-refractivity contribution in [3.63, 3.8) is 0 Å². The Hall–Kier alpha value is -4.74. The standard InChI is InChI=1S/C32H27N5/c33-37-20-30(26-15-13-22-7-2-4-9-24(22)17-26)36-32(37)28-11-5-10-27(18-28)31-34-19-29(35-31)25-14-12-21-6-1-3-8-23(21)16-25/h1-20,31-32,34-36H,33H2. The second-order valence-electron chi connectivity index (χ2n) is 9.63. The second-order valence-corrected chi connectivity index (χ2v) is 9.63. The summed E-state index contributed by atoms with van der Waals surface area (Å²) in [6.45, 7) is 0. The SMILES string of the molecule is NN1C=C(c2ccc3ccccc3c2)NC1c1cccc(C2NC=C(c3ccc4ccccc4c3)N2)c1. The molecule has 5 heteroatoms. The summed E-state index contributed by atoms with van der Waals surface area (Å²) in [5.74, 6) is 6.45. The van der Waals surface area contributed by atoms with Crippen molar-refractivity contribution in [2.75, 3.05) is 0 Å². The van der Waals surface area contributed by atoms with Gasteiger partial charge in [-0.25, -0.2) is 5.84 Å². The quantitative estimate of drug-likeness (QED) is 0.239. The van der Waals surface area contributed by atoms with Crippen LogP contribution in [0.1, 0.15) is 34.6 Å². The molecule has 0 saturated heterocycles. The van der Waals surface area contributed by atoms with Crippen molar-refractivity contribution >= 4 is 32.9 Å². The molecule has 2 heterocycles. The smallest absolute Gasteiger partial charge is 0.139 e. The van der Waals surface area contributed by atoms with Gasteiger partial charge in [0, 0.05) is 12.4 Å². The molecule has 5 aromatic rings. The summed E-state index contributed by atoms with van der Waals surface area (Å²) in [7, 11) is 0. The van der Waals surface area contributed by atoms with E-state index >= 15 is 0 Å². The van der Waals surface area contributed by atoms with Gasteiger partial charge in [-0.1, -0.05) is 91.0 Å². The van der Waals surface area contributed by atoms with Crippen LogP contribution in [0.15, 0.2) is 122 Å². The van der Waals surface area contributed by atoms with Gasteiger partial charge in [0.15, 0.2) is 0 Å². The van der Waals surface area contributed by atoms with E-state index in [1.165, 1.54) is 27.1 Å². The van der Waals surface area contributed by atoms with Crippen LogP contribution >= 0.6 is 0 Å². The molecule has 5 nitrogen and oxygen atoms in total. The zero-order valence-corrected chi connectivity index (χ0v) is 20.2. The largest absolute Gasteiger partial charge is 0.366 e. The van der Waals surface area contributed by atoms with Gasteiger partial charge in [-0.05, 0) is 62.0 Å². The number of benzene rings is 5. The Kier molecular flexibility index (Phi) is 5.08. The highest BCUT2D eigenvalue weighted by Gasteiger charge is 2.26. The summed E-state index contributed by atoms with van der Waals surface area (Å²) in [6, 6.07) is 38.4. The van der Waals surface area contributed by atoms with Gasteiger partial charge in [0.05, 0.1) is 11.4 Å². The van der Waals surface area contributed by atoms with Crippen LogP contribution in [0.2, 0.25) is 0 Å². The number of nitrogens with one attached hydrogen (secondary N) is 3. The predicted molar refractivity (Wildman–Crippen MR) is 151 cm³/mol. The Bertz CT molecular complexity index is 1700. The molecule has 2 atom stereocenters. The van der Waals surface area contributed by atoms with E-state index in [-0.39, 0.29) is 12.3 Å². The minimum Gasteiger partial charge on any atom is -0.366 e. The van der Waals surface area contributed by atoms with Gasteiger partial charge in [-0.3, -0.25) is 5.01 Å². The minimum absolute atomic E-state index is 0.0121. The highest BCUT2D eigenvalue weighted by atomic mass is 15.5. The van der Waals surface area contributed by atoms with E-state index in [0.717, 1.165) is 28.1 Å². The molecule has 7 rings (SSSR count). The van der Waals surface area contributed by atoms with E-state index in [2.05, 4.69) is 131 Å². The van der Waals surface area contributed by atoms with Crippen molar-refractivity contribution in [3.05, 3.63) is 144 Å². The van der Waals surface area contributed by atoms with Crippen LogP contribution in [0.5, 0.6) is 0 Å². The third kappa shape index (κ3) is 3.96. The molecule has 2 unspecified atom stereocenters. The molecule has 0 saturated carbocycles. The zero-order chi connectivity index (χ0) is 24.8. The van der Waals surface area contributed by atoms with E-state index in [0.29, 0.717) is 0 Å². The highest BCUT2D eigenvalue weighted by Crippen LogP contribution is 2.31. The molecule has 0 radical (unpaired) electrons. The second kappa shape index (κ2) is 8.73. The average Bonchev–Trinajstić information content (AvgIpc) is 3.60. The van der Waals surface area contributed by atoms with E-state index < -0.39 is 0 Å². The third-order valence-electron chi connectivity index (χ3n) is 7.24. The number of hydrogen-bond donors (Lipinski definition) is 4. The molecule has 2 aliphatic rings. The Morgan fingerprint density at radius 1 is 0.568 bits per heavy atom. The van der Waals surface area contributed by atoms with E-state index in [9.17, 15) is 0 Å². The number of fused-ring (bicyclic) bond motifs is 2. The number of nitrogens with two attached hydrogens (primary N) is 1. The zero-order valence-electron chi connectivity index (χ0n) is 20.2. The lowest BCUT2D eigenvalue weighted by atomic mass is 10.0. The molecule has 0 amide bonds. The van der Waals surface area contributed by atoms with Crippen LogP contribution in [0.4, 0.5) is 0 Å². The van der Waals surface area contributed by atoms with Gasteiger partial charge in [-0.15, -0.1) is 0 Å². The normalized spacial score (nSPS) is 18.8. The molecule has 0 aliphatic carbocycles. The van der Waals surface area contributed by atoms with Gasteiger partial charge in [0.1, 0.15) is 12.3 Å². The number of nitrogens with zero attached hydrogens (tertiary/aromatic N) is 1. The fraction of sp³-hybridized carbons (Fsp3) is 0.0625.